The first kappa shape index (κ1) is 14.4. The maximum atomic E-state index is 11.9. The fourth-order valence-electron chi connectivity index (χ4n) is 1.89. The fraction of sp³-hybridized carbons (Fsp3) is 0.900. The molecule has 0 aliphatic carbocycles. The minimum Gasteiger partial charge on any atom is -0.480 e. The molecule has 2 N–H and O–H groups in total. The minimum absolute atomic E-state index is 0.304. The van der Waals surface area contributed by atoms with Crippen LogP contribution in [0.1, 0.15) is 33.1 Å². The number of nitrogens with one attached hydrogen (secondary N) is 1. The maximum absolute atomic E-state index is 11.9. The second kappa shape index (κ2) is 5.79. The SMILES string of the molecule is CCCC(NS(=O)(=O)N1CCC(C)C1)C(=O)O. The van der Waals surface area contributed by atoms with E-state index in [9.17, 15) is 13.2 Å². The third kappa shape index (κ3) is 3.93. The second-order valence-corrected chi connectivity index (χ2v) is 6.26. The molecule has 100 valence electrons. The normalized spacial score (nSPS) is 23.8. The topological polar surface area (TPSA) is 86.7 Å². The van der Waals surface area contributed by atoms with E-state index in [1.165, 1.54) is 4.31 Å². The highest BCUT2D eigenvalue weighted by molar-refractivity contribution is 7.87. The Bertz CT molecular complexity index is 369. The van der Waals surface area contributed by atoms with Crippen molar-refractivity contribution in [3.8, 4) is 0 Å². The van der Waals surface area contributed by atoms with Gasteiger partial charge in [-0.1, -0.05) is 20.3 Å². The lowest BCUT2D eigenvalue weighted by atomic mass is 10.2. The number of carboxylic acid groups (broad SMARTS) is 1. The van der Waals surface area contributed by atoms with Gasteiger partial charge < -0.3 is 5.11 Å². The molecule has 1 aliphatic heterocycles. The summed E-state index contributed by atoms with van der Waals surface area (Å²) in [4.78, 5) is 10.9. The zero-order valence-electron chi connectivity index (χ0n) is 10.2. The molecule has 0 amide bonds. The number of aliphatic carboxylic acids is 1. The van der Waals surface area contributed by atoms with Crippen molar-refractivity contribution in [2.45, 2.75) is 39.2 Å². The zero-order chi connectivity index (χ0) is 13.1. The van der Waals surface area contributed by atoms with E-state index in [0.29, 0.717) is 31.8 Å². The molecule has 0 spiro atoms. The molecule has 0 saturated carbocycles. The van der Waals surface area contributed by atoms with Crippen LogP contribution in [0.3, 0.4) is 0 Å². The molecule has 0 bridgehead atoms. The van der Waals surface area contributed by atoms with Crippen LogP contribution in [0.25, 0.3) is 0 Å². The van der Waals surface area contributed by atoms with E-state index in [4.69, 9.17) is 5.11 Å². The van der Waals surface area contributed by atoms with Crippen molar-refractivity contribution in [1.29, 1.82) is 0 Å². The second-order valence-electron chi connectivity index (χ2n) is 4.55. The average Bonchev–Trinajstić information content (AvgIpc) is 2.64. The Kier molecular flexibility index (Phi) is 4.91. The molecule has 2 unspecified atom stereocenters. The molecule has 0 radical (unpaired) electrons. The van der Waals surface area contributed by atoms with E-state index in [0.717, 1.165) is 6.42 Å². The van der Waals surface area contributed by atoms with E-state index in [1.807, 2.05) is 13.8 Å². The summed E-state index contributed by atoms with van der Waals surface area (Å²) in [6.45, 7) is 4.74. The smallest absolute Gasteiger partial charge is 0.321 e. The highest BCUT2D eigenvalue weighted by Gasteiger charge is 2.32. The van der Waals surface area contributed by atoms with E-state index < -0.39 is 22.2 Å². The Morgan fingerprint density at radius 3 is 2.65 bits per heavy atom. The molecule has 7 heteroatoms. The number of nitrogens with zero attached hydrogens (tertiary/aromatic N) is 1. The molecule has 6 nitrogen and oxygen atoms in total. The van der Waals surface area contributed by atoms with Crippen molar-refractivity contribution < 1.29 is 18.3 Å². The summed E-state index contributed by atoms with van der Waals surface area (Å²) in [6, 6.07) is -1.03. The van der Waals surface area contributed by atoms with E-state index in [-0.39, 0.29) is 0 Å². The van der Waals surface area contributed by atoms with Gasteiger partial charge in [0.25, 0.3) is 10.2 Å². The quantitative estimate of drug-likeness (QED) is 0.727. The van der Waals surface area contributed by atoms with E-state index in [2.05, 4.69) is 4.72 Å². The highest BCUT2D eigenvalue weighted by Crippen LogP contribution is 2.18. The van der Waals surface area contributed by atoms with Gasteiger partial charge in [-0.2, -0.15) is 17.4 Å². The Morgan fingerprint density at radius 2 is 2.24 bits per heavy atom. The van der Waals surface area contributed by atoms with Gasteiger partial charge in [0, 0.05) is 13.1 Å². The molecular formula is C10H20N2O4S. The standard InChI is InChI=1S/C10H20N2O4S/c1-3-4-9(10(13)14)11-17(15,16)12-6-5-8(2)7-12/h8-9,11H,3-7H2,1-2H3,(H,13,14). The monoisotopic (exact) mass is 264 g/mol. The highest BCUT2D eigenvalue weighted by atomic mass is 32.2. The lowest BCUT2D eigenvalue weighted by molar-refractivity contribution is -0.139. The first-order valence-electron chi connectivity index (χ1n) is 5.87. The van der Waals surface area contributed by atoms with Crippen LogP contribution in [-0.2, 0) is 15.0 Å². The van der Waals surface area contributed by atoms with Crippen molar-refractivity contribution >= 4 is 16.2 Å². The lowest BCUT2D eigenvalue weighted by Crippen LogP contribution is -2.47. The average molecular weight is 264 g/mol. The molecule has 1 saturated heterocycles. The van der Waals surface area contributed by atoms with Crippen LogP contribution in [0.2, 0.25) is 0 Å². The predicted molar refractivity (Wildman–Crippen MR) is 63.7 cm³/mol. The van der Waals surface area contributed by atoms with Crippen molar-refractivity contribution in [2.75, 3.05) is 13.1 Å². The van der Waals surface area contributed by atoms with Crippen molar-refractivity contribution in [3.05, 3.63) is 0 Å². The first-order chi connectivity index (χ1) is 7.86. The number of hydrogen-bond donors (Lipinski definition) is 2. The van der Waals surface area contributed by atoms with Crippen LogP contribution in [0.4, 0.5) is 0 Å². The van der Waals surface area contributed by atoms with Crippen molar-refractivity contribution in [3.63, 3.8) is 0 Å². The van der Waals surface area contributed by atoms with Crippen LogP contribution in [-0.4, -0.2) is 42.9 Å². The minimum atomic E-state index is -3.66. The van der Waals surface area contributed by atoms with E-state index >= 15 is 0 Å². The maximum Gasteiger partial charge on any atom is 0.321 e. The summed E-state index contributed by atoms with van der Waals surface area (Å²) < 4.78 is 27.4. The zero-order valence-corrected chi connectivity index (χ0v) is 11.0. The molecule has 1 rings (SSSR count). The molecule has 17 heavy (non-hydrogen) atoms. The summed E-state index contributed by atoms with van der Waals surface area (Å²) in [6.07, 6.45) is 1.75. The molecule has 1 aliphatic rings. The van der Waals surface area contributed by atoms with Crippen LogP contribution < -0.4 is 4.72 Å². The molecule has 1 heterocycles. The summed E-state index contributed by atoms with van der Waals surface area (Å²) in [5.41, 5.74) is 0. The molecule has 0 aromatic rings. The predicted octanol–water partition coefficient (Wildman–Crippen LogP) is 0.416. The largest absolute Gasteiger partial charge is 0.480 e. The Balaban J connectivity index is 2.67. The Labute approximate surface area is 102 Å². The number of rotatable bonds is 6. The van der Waals surface area contributed by atoms with E-state index in [1.54, 1.807) is 0 Å². The first-order valence-corrected chi connectivity index (χ1v) is 7.31. The molecule has 0 aromatic carbocycles. The number of carboxylic acids is 1. The van der Waals surface area contributed by atoms with Crippen LogP contribution in [0.5, 0.6) is 0 Å². The van der Waals surface area contributed by atoms with Crippen LogP contribution in [0, 0.1) is 5.92 Å². The summed E-state index contributed by atoms with van der Waals surface area (Å²) in [7, 11) is -3.66. The van der Waals surface area contributed by atoms with Gasteiger partial charge >= 0.3 is 5.97 Å². The fourth-order valence-corrected chi connectivity index (χ4v) is 3.41. The van der Waals surface area contributed by atoms with Gasteiger partial charge in [-0.05, 0) is 18.8 Å². The summed E-state index contributed by atoms with van der Waals surface area (Å²) in [5, 5.41) is 8.92. The summed E-state index contributed by atoms with van der Waals surface area (Å²) >= 11 is 0. The van der Waals surface area contributed by atoms with Gasteiger partial charge in [0.15, 0.2) is 0 Å². The third-order valence-corrected chi connectivity index (χ3v) is 4.49. The summed E-state index contributed by atoms with van der Waals surface area (Å²) in [5.74, 6) is -0.788. The molecular weight excluding hydrogens is 244 g/mol. The molecule has 1 fully saturated rings. The van der Waals surface area contributed by atoms with Crippen molar-refractivity contribution in [1.82, 2.24) is 9.03 Å². The molecule has 2 atom stereocenters. The van der Waals surface area contributed by atoms with Crippen LogP contribution >= 0.6 is 0 Å². The van der Waals surface area contributed by atoms with Gasteiger partial charge in [0.1, 0.15) is 6.04 Å². The van der Waals surface area contributed by atoms with Gasteiger partial charge in [0.2, 0.25) is 0 Å². The van der Waals surface area contributed by atoms with Gasteiger partial charge in [-0.15, -0.1) is 0 Å². The molecule has 0 aromatic heterocycles. The van der Waals surface area contributed by atoms with Gasteiger partial charge in [-0.25, -0.2) is 0 Å². The third-order valence-electron chi connectivity index (χ3n) is 2.89. The lowest BCUT2D eigenvalue weighted by Gasteiger charge is -2.20. The van der Waals surface area contributed by atoms with Gasteiger partial charge in [0.05, 0.1) is 0 Å². The number of hydrogen-bond acceptors (Lipinski definition) is 3. The van der Waals surface area contributed by atoms with Crippen molar-refractivity contribution in [2.24, 2.45) is 5.92 Å². The number of carbonyl (C=O) groups is 1. The van der Waals surface area contributed by atoms with Gasteiger partial charge in [-0.3, -0.25) is 4.79 Å². The Morgan fingerprint density at radius 1 is 1.59 bits per heavy atom. The van der Waals surface area contributed by atoms with Crippen LogP contribution in [0.15, 0.2) is 0 Å². The Hall–Kier alpha value is -0.660.